The lowest BCUT2D eigenvalue weighted by molar-refractivity contribution is -0.384. The van der Waals surface area contributed by atoms with Gasteiger partial charge in [0.05, 0.1) is 44.6 Å². The van der Waals surface area contributed by atoms with Crippen LogP contribution in [0, 0.1) is 13.7 Å². The summed E-state index contributed by atoms with van der Waals surface area (Å²) >= 11 is 3.37. The lowest BCUT2D eigenvalue weighted by Crippen LogP contribution is -2.40. The molecule has 1 atom stereocenters. The van der Waals surface area contributed by atoms with Crippen molar-refractivity contribution in [3.05, 3.63) is 128 Å². The largest absolute Gasteiger partial charge is 0.493 e. The van der Waals surface area contributed by atoms with Gasteiger partial charge in [0.2, 0.25) is 0 Å². The smallest absolute Gasteiger partial charge is 0.338 e. The van der Waals surface area contributed by atoms with Crippen LogP contribution in [0.2, 0.25) is 0 Å². The zero-order valence-corrected chi connectivity index (χ0v) is 26.4. The van der Waals surface area contributed by atoms with Gasteiger partial charge in [-0.25, -0.2) is 9.79 Å². The zero-order valence-electron chi connectivity index (χ0n) is 23.4. The second kappa shape index (κ2) is 12.9. The molecule has 3 aromatic carbocycles. The van der Waals surface area contributed by atoms with Gasteiger partial charge in [-0.3, -0.25) is 19.5 Å². The number of hydrogen-bond donors (Lipinski definition) is 0. The number of non-ortho nitro benzene ring substituents is 1. The summed E-state index contributed by atoms with van der Waals surface area (Å²) in [6, 6.07) is 18.5. The Morgan fingerprint density at radius 3 is 2.58 bits per heavy atom. The highest BCUT2D eigenvalue weighted by molar-refractivity contribution is 14.1. The van der Waals surface area contributed by atoms with Crippen LogP contribution in [0.3, 0.4) is 0 Å². The first kappa shape index (κ1) is 30.2. The lowest BCUT2D eigenvalue weighted by atomic mass is 9.95. The number of benzene rings is 3. The highest BCUT2D eigenvalue weighted by atomic mass is 127. The molecule has 43 heavy (non-hydrogen) atoms. The molecule has 0 unspecified atom stereocenters. The van der Waals surface area contributed by atoms with E-state index in [9.17, 15) is 19.7 Å². The van der Waals surface area contributed by atoms with Crippen molar-refractivity contribution < 1.29 is 23.9 Å². The summed E-state index contributed by atoms with van der Waals surface area (Å²) in [7, 11) is 2.84. The Morgan fingerprint density at radius 1 is 1.14 bits per heavy atom. The predicted octanol–water partition coefficient (Wildman–Crippen LogP) is 4.90. The number of allylic oxidation sites excluding steroid dienone is 1. The van der Waals surface area contributed by atoms with E-state index in [4.69, 9.17) is 19.2 Å². The summed E-state index contributed by atoms with van der Waals surface area (Å²) in [4.78, 5) is 42.7. The fraction of sp³-hybridized carbons (Fsp3) is 0.194. The van der Waals surface area contributed by atoms with Gasteiger partial charge in [0.25, 0.3) is 11.2 Å². The molecule has 1 aliphatic heterocycles. The first-order valence-electron chi connectivity index (χ1n) is 13.2. The van der Waals surface area contributed by atoms with Gasteiger partial charge in [-0.15, -0.1) is 0 Å². The fourth-order valence-corrected chi connectivity index (χ4v) is 6.65. The summed E-state index contributed by atoms with van der Waals surface area (Å²) in [6.07, 6.45) is 2.25. The number of carbonyl (C=O) groups excluding carboxylic acids is 1. The van der Waals surface area contributed by atoms with E-state index in [1.807, 2.05) is 43.3 Å². The number of esters is 1. The molecule has 12 heteroatoms. The third kappa shape index (κ3) is 6.11. The minimum atomic E-state index is -0.679. The number of rotatable bonds is 9. The van der Waals surface area contributed by atoms with Crippen molar-refractivity contribution in [1.29, 1.82) is 0 Å². The fourth-order valence-electron chi connectivity index (χ4n) is 4.84. The molecule has 0 N–H and O–H groups in total. The number of thiazole rings is 1. The van der Waals surface area contributed by atoms with Crippen LogP contribution in [0.1, 0.15) is 36.1 Å². The van der Waals surface area contributed by atoms with Crippen LogP contribution in [0.15, 0.2) is 87.8 Å². The summed E-state index contributed by atoms with van der Waals surface area (Å²) in [6.45, 7) is 2.02. The third-order valence-corrected chi connectivity index (χ3v) is 8.60. The van der Waals surface area contributed by atoms with E-state index in [0.717, 1.165) is 9.13 Å². The molecule has 0 saturated heterocycles. The van der Waals surface area contributed by atoms with Gasteiger partial charge in [0.15, 0.2) is 16.3 Å². The van der Waals surface area contributed by atoms with E-state index in [2.05, 4.69) is 22.6 Å². The number of ether oxygens (including phenoxy) is 3. The number of carbonyl (C=O) groups is 1. The van der Waals surface area contributed by atoms with Gasteiger partial charge < -0.3 is 14.2 Å². The van der Waals surface area contributed by atoms with Crippen molar-refractivity contribution >= 4 is 51.7 Å². The SMILES string of the molecule is CCC1=C(C(=O)OC)[C@@H](c2ccccc2)n2c(s/c(=C\c3cc(I)c(OCc4cccc([N+](=O)[O-])c4)c(OC)c3)c2=O)=N1. The van der Waals surface area contributed by atoms with E-state index < -0.39 is 16.9 Å². The minimum Gasteiger partial charge on any atom is -0.493 e. The van der Waals surface area contributed by atoms with Gasteiger partial charge in [-0.1, -0.05) is 60.7 Å². The molecule has 0 bridgehead atoms. The van der Waals surface area contributed by atoms with Gasteiger partial charge >= 0.3 is 5.97 Å². The van der Waals surface area contributed by atoms with Crippen LogP contribution < -0.4 is 24.4 Å². The summed E-state index contributed by atoms with van der Waals surface area (Å²) in [5.41, 5.74) is 2.74. The highest BCUT2D eigenvalue weighted by Gasteiger charge is 2.33. The van der Waals surface area contributed by atoms with Crippen molar-refractivity contribution in [3.8, 4) is 11.5 Å². The average Bonchev–Trinajstić information content (AvgIpc) is 3.33. The molecule has 10 nitrogen and oxygen atoms in total. The number of methoxy groups -OCH3 is 2. The Hall–Kier alpha value is -4.30. The van der Waals surface area contributed by atoms with E-state index in [1.54, 1.807) is 28.8 Å². The Labute approximate surface area is 263 Å². The molecule has 2 heterocycles. The lowest BCUT2D eigenvalue weighted by Gasteiger charge is -2.25. The van der Waals surface area contributed by atoms with Crippen LogP contribution in [0.5, 0.6) is 11.5 Å². The molecule has 4 aromatic rings. The second-order valence-corrected chi connectivity index (χ2v) is 11.6. The van der Waals surface area contributed by atoms with Crippen LogP contribution >= 0.6 is 33.9 Å². The number of aromatic nitrogens is 1. The summed E-state index contributed by atoms with van der Waals surface area (Å²) in [5, 5.41) is 11.1. The monoisotopic (exact) mass is 711 g/mol. The molecule has 0 saturated carbocycles. The van der Waals surface area contributed by atoms with Gasteiger partial charge in [0, 0.05) is 12.1 Å². The van der Waals surface area contributed by atoms with Crippen molar-refractivity contribution in [1.82, 2.24) is 4.57 Å². The first-order chi connectivity index (χ1) is 20.7. The normalized spacial score (nSPS) is 14.6. The standard InChI is InChI=1S/C31H26IN3O7S/c1-4-23-26(30(37)41-3)27(20-10-6-5-7-11-20)34-29(36)25(43-31(34)33-23)16-19-14-22(32)28(24(15-19)40-2)42-17-18-9-8-12-21(13-18)35(38)39/h5-16,27H,4,17H2,1-3H3/b25-16-/t27-/m1/s1. The molecule has 0 radical (unpaired) electrons. The Balaban J connectivity index is 1.56. The molecule has 0 spiro atoms. The van der Waals surface area contributed by atoms with Gasteiger partial charge in [-0.2, -0.15) is 0 Å². The number of fused-ring (bicyclic) bond motifs is 1. The predicted molar refractivity (Wildman–Crippen MR) is 170 cm³/mol. The molecule has 0 aliphatic carbocycles. The van der Waals surface area contributed by atoms with E-state index in [-0.39, 0.29) is 17.9 Å². The van der Waals surface area contributed by atoms with Crippen molar-refractivity contribution in [3.63, 3.8) is 0 Å². The molecule has 1 aromatic heterocycles. The molecule has 5 rings (SSSR count). The first-order valence-corrected chi connectivity index (χ1v) is 15.1. The maximum absolute atomic E-state index is 13.9. The average molecular weight is 712 g/mol. The number of halogens is 1. The molecule has 220 valence electrons. The Kier molecular flexibility index (Phi) is 9.06. The number of nitrogens with zero attached hydrogens (tertiary/aromatic N) is 3. The van der Waals surface area contributed by atoms with Crippen molar-refractivity contribution in [2.75, 3.05) is 14.2 Å². The number of nitro groups is 1. The zero-order chi connectivity index (χ0) is 30.7. The summed E-state index contributed by atoms with van der Waals surface area (Å²) < 4.78 is 19.4. The van der Waals surface area contributed by atoms with Gasteiger partial charge in [-0.05, 0) is 63.9 Å². The van der Waals surface area contributed by atoms with E-state index in [1.165, 1.54) is 37.7 Å². The molecular weight excluding hydrogens is 685 g/mol. The molecular formula is C31H26IN3O7S. The van der Waals surface area contributed by atoms with Crippen LogP contribution in [-0.2, 0) is 16.1 Å². The molecule has 0 amide bonds. The summed E-state index contributed by atoms with van der Waals surface area (Å²) in [5.74, 6) is 0.399. The van der Waals surface area contributed by atoms with Gasteiger partial charge in [0.1, 0.15) is 6.61 Å². The molecule has 0 fully saturated rings. The quantitative estimate of drug-likeness (QED) is 0.105. The topological polar surface area (TPSA) is 122 Å². The third-order valence-electron chi connectivity index (χ3n) is 6.82. The van der Waals surface area contributed by atoms with E-state index >= 15 is 0 Å². The van der Waals surface area contributed by atoms with Crippen molar-refractivity contribution in [2.45, 2.75) is 26.0 Å². The molecule has 1 aliphatic rings. The highest BCUT2D eigenvalue weighted by Crippen LogP contribution is 2.35. The maximum atomic E-state index is 13.9. The van der Waals surface area contributed by atoms with Crippen LogP contribution in [0.4, 0.5) is 5.69 Å². The van der Waals surface area contributed by atoms with Crippen LogP contribution in [0.25, 0.3) is 6.08 Å². The Bertz CT molecular complexity index is 1930. The van der Waals surface area contributed by atoms with E-state index in [0.29, 0.717) is 49.7 Å². The van der Waals surface area contributed by atoms with Crippen molar-refractivity contribution in [2.24, 2.45) is 4.99 Å². The minimum absolute atomic E-state index is 0.0150. The second-order valence-electron chi connectivity index (χ2n) is 9.45. The van der Waals surface area contributed by atoms with Crippen LogP contribution in [-0.4, -0.2) is 29.7 Å². The maximum Gasteiger partial charge on any atom is 0.338 e. The number of hydrogen-bond acceptors (Lipinski definition) is 9. The number of nitro benzene ring substituents is 1. The Morgan fingerprint density at radius 2 is 1.91 bits per heavy atom.